The van der Waals surface area contributed by atoms with Crippen LogP contribution in [0, 0.1) is 0 Å². The van der Waals surface area contributed by atoms with Crippen LogP contribution >= 0.6 is 0 Å². The molecule has 0 aliphatic rings. The first-order chi connectivity index (χ1) is 5.20. The molecule has 0 amide bonds. The number of hydrogen-bond donors (Lipinski definition) is 0. The molecule has 0 aliphatic heterocycles. The average molecular weight is 204 g/mol. The minimum Gasteiger partial charge on any atom is -0.256 e. The molecule has 0 spiro atoms. The molecule has 0 bridgehead atoms. The Morgan fingerprint density at radius 2 is 1.92 bits per heavy atom. The smallest absolute Gasteiger partial charge is 0.256 e. The molecule has 0 radical (unpaired) electrons. The highest BCUT2D eigenvalue weighted by molar-refractivity contribution is 7.87. The van der Waals surface area contributed by atoms with Gasteiger partial charge in [0.2, 0.25) is 0 Å². The number of rotatable bonds is 3. The molecule has 0 aliphatic carbocycles. The van der Waals surface area contributed by atoms with Gasteiger partial charge < -0.3 is 0 Å². The molecule has 0 fully saturated rings. The molecule has 12 heavy (non-hydrogen) atoms. The molecular formula is C5H7F3O3S. The van der Waals surface area contributed by atoms with E-state index in [1.807, 2.05) is 0 Å². The van der Waals surface area contributed by atoms with Gasteiger partial charge in [-0.3, -0.25) is 4.18 Å². The van der Waals surface area contributed by atoms with Crippen molar-refractivity contribution in [1.29, 1.82) is 0 Å². The van der Waals surface area contributed by atoms with Crippen molar-refractivity contribution in [1.82, 2.24) is 0 Å². The maximum atomic E-state index is 11.6. The van der Waals surface area contributed by atoms with Gasteiger partial charge in [0.25, 0.3) is 0 Å². The molecule has 1 atom stereocenters. The second kappa shape index (κ2) is 3.44. The molecule has 0 saturated carbocycles. The van der Waals surface area contributed by atoms with Crippen LogP contribution in [0.25, 0.3) is 0 Å². The Hall–Kier alpha value is -0.560. The molecule has 0 heterocycles. The summed E-state index contributed by atoms with van der Waals surface area (Å²) in [6.07, 6.45) is -0.236. The first kappa shape index (κ1) is 11.4. The third-order valence-corrected chi connectivity index (χ3v) is 2.02. The van der Waals surface area contributed by atoms with Gasteiger partial charge in [-0.15, -0.1) is 6.58 Å². The predicted octanol–water partition coefficient (Wildman–Crippen LogP) is 1.43. The molecule has 0 rings (SSSR count). The zero-order valence-electron chi connectivity index (χ0n) is 6.13. The molecule has 3 nitrogen and oxygen atoms in total. The van der Waals surface area contributed by atoms with Crippen LogP contribution in [0.3, 0.4) is 0 Å². The average Bonchev–Trinajstić information content (AvgIpc) is 1.84. The van der Waals surface area contributed by atoms with Crippen molar-refractivity contribution in [3.8, 4) is 0 Å². The summed E-state index contributed by atoms with van der Waals surface area (Å²) in [6, 6.07) is 0. The maximum Gasteiger partial charge on any atom is 0.523 e. The van der Waals surface area contributed by atoms with Crippen molar-refractivity contribution < 1.29 is 25.8 Å². The summed E-state index contributed by atoms with van der Waals surface area (Å²) in [4.78, 5) is 0. The summed E-state index contributed by atoms with van der Waals surface area (Å²) in [5, 5.41) is 0. The van der Waals surface area contributed by atoms with Gasteiger partial charge in [0, 0.05) is 0 Å². The van der Waals surface area contributed by atoms with E-state index in [2.05, 4.69) is 10.8 Å². The van der Waals surface area contributed by atoms with E-state index < -0.39 is 21.7 Å². The Morgan fingerprint density at radius 3 is 2.17 bits per heavy atom. The SMILES string of the molecule is C=CC(C)OS(=O)(=O)C(F)(F)F. The van der Waals surface area contributed by atoms with E-state index in [-0.39, 0.29) is 0 Å². The summed E-state index contributed by atoms with van der Waals surface area (Å²) in [5.74, 6) is 0. The van der Waals surface area contributed by atoms with Crippen LogP contribution in [-0.4, -0.2) is 20.0 Å². The largest absolute Gasteiger partial charge is 0.523 e. The topological polar surface area (TPSA) is 43.4 Å². The lowest BCUT2D eigenvalue weighted by atomic mass is 10.4. The third-order valence-electron chi connectivity index (χ3n) is 0.894. The summed E-state index contributed by atoms with van der Waals surface area (Å²) in [7, 11) is -5.48. The Labute approximate surface area is 68.0 Å². The Kier molecular flexibility index (Phi) is 3.28. The van der Waals surface area contributed by atoms with E-state index in [9.17, 15) is 21.6 Å². The first-order valence-corrected chi connectivity index (χ1v) is 4.23. The van der Waals surface area contributed by atoms with E-state index in [0.29, 0.717) is 0 Å². The molecule has 0 aromatic carbocycles. The highest BCUT2D eigenvalue weighted by Gasteiger charge is 2.47. The van der Waals surface area contributed by atoms with Gasteiger partial charge in [0.1, 0.15) is 0 Å². The van der Waals surface area contributed by atoms with Gasteiger partial charge in [0.15, 0.2) is 0 Å². The van der Waals surface area contributed by atoms with E-state index in [1.165, 1.54) is 0 Å². The normalized spacial score (nSPS) is 15.7. The van der Waals surface area contributed by atoms with Gasteiger partial charge in [-0.05, 0) is 6.92 Å². The summed E-state index contributed by atoms with van der Waals surface area (Å²) >= 11 is 0. The van der Waals surface area contributed by atoms with Crippen molar-refractivity contribution in [3.63, 3.8) is 0 Å². The van der Waals surface area contributed by atoms with Crippen LogP contribution in [0.2, 0.25) is 0 Å². The molecule has 72 valence electrons. The lowest BCUT2D eigenvalue weighted by Gasteiger charge is -2.10. The highest BCUT2D eigenvalue weighted by atomic mass is 32.2. The second-order valence-corrected chi connectivity index (χ2v) is 3.50. The zero-order chi connectivity index (χ0) is 9.99. The van der Waals surface area contributed by atoms with Gasteiger partial charge in [-0.1, -0.05) is 6.08 Å². The molecule has 1 unspecified atom stereocenters. The van der Waals surface area contributed by atoms with E-state index in [0.717, 1.165) is 13.0 Å². The quantitative estimate of drug-likeness (QED) is 0.396. The number of alkyl halides is 3. The summed E-state index contributed by atoms with van der Waals surface area (Å²) in [5.41, 5.74) is -5.37. The number of hydrogen-bond acceptors (Lipinski definition) is 3. The zero-order valence-corrected chi connectivity index (χ0v) is 6.95. The monoisotopic (exact) mass is 204 g/mol. The Morgan fingerprint density at radius 1 is 1.50 bits per heavy atom. The van der Waals surface area contributed by atoms with Crippen molar-refractivity contribution >= 4 is 10.1 Å². The summed E-state index contributed by atoms with van der Waals surface area (Å²) in [6.45, 7) is 4.21. The second-order valence-electron chi connectivity index (χ2n) is 1.94. The molecule has 0 saturated heterocycles. The van der Waals surface area contributed by atoms with Crippen LogP contribution in [0.1, 0.15) is 6.92 Å². The van der Waals surface area contributed by atoms with Crippen molar-refractivity contribution in [2.75, 3.05) is 0 Å². The van der Waals surface area contributed by atoms with Gasteiger partial charge in [-0.2, -0.15) is 21.6 Å². The molecule has 0 aromatic heterocycles. The Balaban J connectivity index is 4.57. The fourth-order valence-electron chi connectivity index (χ4n) is 0.294. The van der Waals surface area contributed by atoms with Crippen LogP contribution in [0.4, 0.5) is 13.2 Å². The van der Waals surface area contributed by atoms with Gasteiger partial charge in [0.05, 0.1) is 6.10 Å². The summed E-state index contributed by atoms with van der Waals surface area (Å²) < 4.78 is 58.9. The predicted molar refractivity (Wildman–Crippen MR) is 35.7 cm³/mol. The molecule has 7 heteroatoms. The van der Waals surface area contributed by atoms with Gasteiger partial charge >= 0.3 is 15.6 Å². The third kappa shape index (κ3) is 2.82. The van der Waals surface area contributed by atoms with Crippen LogP contribution < -0.4 is 0 Å². The van der Waals surface area contributed by atoms with Crippen LogP contribution in [0.15, 0.2) is 12.7 Å². The molecule has 0 aromatic rings. The minimum absolute atomic E-state index is 0.948. The lowest BCUT2D eigenvalue weighted by Crippen LogP contribution is -2.28. The first-order valence-electron chi connectivity index (χ1n) is 2.83. The van der Waals surface area contributed by atoms with Crippen molar-refractivity contribution in [2.45, 2.75) is 18.5 Å². The highest BCUT2D eigenvalue weighted by Crippen LogP contribution is 2.25. The fourth-order valence-corrected chi connectivity index (χ4v) is 0.881. The minimum atomic E-state index is -5.48. The van der Waals surface area contributed by atoms with Crippen LogP contribution in [-0.2, 0) is 14.3 Å². The standard InChI is InChI=1S/C5H7F3O3S/c1-3-4(2)11-12(9,10)5(6,7)8/h3-4H,1H2,2H3. The Bertz CT molecular complexity index is 254. The lowest BCUT2D eigenvalue weighted by molar-refractivity contribution is -0.0555. The van der Waals surface area contributed by atoms with E-state index in [4.69, 9.17) is 0 Å². The maximum absolute atomic E-state index is 11.6. The van der Waals surface area contributed by atoms with Crippen LogP contribution in [0.5, 0.6) is 0 Å². The molecular weight excluding hydrogens is 197 g/mol. The van der Waals surface area contributed by atoms with Gasteiger partial charge in [-0.25, -0.2) is 0 Å². The molecule has 0 N–H and O–H groups in total. The number of halogens is 3. The van der Waals surface area contributed by atoms with E-state index in [1.54, 1.807) is 0 Å². The van der Waals surface area contributed by atoms with Crippen molar-refractivity contribution in [3.05, 3.63) is 12.7 Å². The van der Waals surface area contributed by atoms with E-state index >= 15 is 0 Å². The fraction of sp³-hybridized carbons (Fsp3) is 0.600. The van der Waals surface area contributed by atoms with Crippen molar-refractivity contribution in [2.24, 2.45) is 0 Å².